The smallest absolute Gasteiger partial charge is 0.341 e. The fourth-order valence-electron chi connectivity index (χ4n) is 2.58. The van der Waals surface area contributed by atoms with Crippen molar-refractivity contribution < 1.29 is 22.7 Å². The Kier molecular flexibility index (Phi) is 6.80. The lowest BCUT2D eigenvalue weighted by Gasteiger charge is -2.17. The summed E-state index contributed by atoms with van der Waals surface area (Å²) in [6.07, 6.45) is -0.0869. The average Bonchev–Trinajstić information content (AvgIpc) is 2.60. The van der Waals surface area contributed by atoms with Gasteiger partial charge in [-0.3, -0.25) is 9.52 Å². The molecule has 1 atom stereocenters. The molecule has 2 N–H and O–H groups in total. The number of nitrogens with one attached hydrogen (secondary N) is 2. The number of amides is 1. The SMILES string of the molecule is CC(C)c1ccccc1NC(=O)[C@@H](C)OC(=O)c1ccccc1NS(C)(=O)=O. The van der Waals surface area contributed by atoms with Gasteiger partial charge in [-0.25, -0.2) is 13.2 Å². The van der Waals surface area contributed by atoms with Gasteiger partial charge in [-0.2, -0.15) is 0 Å². The summed E-state index contributed by atoms with van der Waals surface area (Å²) in [4.78, 5) is 24.9. The summed E-state index contributed by atoms with van der Waals surface area (Å²) < 4.78 is 30.4. The van der Waals surface area contributed by atoms with Gasteiger partial charge in [-0.05, 0) is 36.6 Å². The Morgan fingerprint density at radius 3 is 2.11 bits per heavy atom. The van der Waals surface area contributed by atoms with Crippen molar-refractivity contribution in [2.45, 2.75) is 32.8 Å². The van der Waals surface area contributed by atoms with Crippen LogP contribution in [0, 0.1) is 0 Å². The second-order valence-corrected chi connectivity index (χ2v) is 8.45. The highest BCUT2D eigenvalue weighted by molar-refractivity contribution is 7.92. The molecule has 28 heavy (non-hydrogen) atoms. The van der Waals surface area contributed by atoms with E-state index in [1.54, 1.807) is 18.2 Å². The number of hydrogen-bond acceptors (Lipinski definition) is 5. The Morgan fingerprint density at radius 2 is 1.50 bits per heavy atom. The molecule has 0 heterocycles. The molecule has 2 aromatic carbocycles. The molecule has 0 aliphatic rings. The molecule has 7 nitrogen and oxygen atoms in total. The fourth-order valence-corrected chi connectivity index (χ4v) is 3.15. The third-order valence-corrected chi connectivity index (χ3v) is 4.53. The number of para-hydroxylation sites is 2. The molecule has 150 valence electrons. The van der Waals surface area contributed by atoms with Crippen LogP contribution in [0.5, 0.6) is 0 Å². The number of hydrogen-bond donors (Lipinski definition) is 2. The third kappa shape index (κ3) is 5.82. The van der Waals surface area contributed by atoms with Crippen molar-refractivity contribution in [2.75, 3.05) is 16.3 Å². The molecule has 0 aliphatic carbocycles. The third-order valence-electron chi connectivity index (χ3n) is 3.94. The standard InChI is InChI=1S/C20H24N2O5S/c1-13(2)15-9-5-7-11-17(15)21-19(23)14(3)27-20(24)16-10-6-8-12-18(16)22-28(4,25)26/h5-14,22H,1-4H3,(H,21,23)/t14-/m1/s1. The van der Waals surface area contributed by atoms with Gasteiger partial charge in [-0.1, -0.05) is 44.2 Å². The van der Waals surface area contributed by atoms with Crippen molar-refractivity contribution in [3.8, 4) is 0 Å². The minimum Gasteiger partial charge on any atom is -0.449 e. The lowest BCUT2D eigenvalue weighted by Crippen LogP contribution is -2.30. The Labute approximate surface area is 165 Å². The van der Waals surface area contributed by atoms with Crippen LogP contribution < -0.4 is 10.0 Å². The van der Waals surface area contributed by atoms with Crippen LogP contribution in [-0.2, 0) is 19.6 Å². The predicted octanol–water partition coefficient (Wildman–Crippen LogP) is 3.37. The van der Waals surface area contributed by atoms with Gasteiger partial charge < -0.3 is 10.1 Å². The van der Waals surface area contributed by atoms with Crippen LogP contribution in [0.25, 0.3) is 0 Å². The number of sulfonamides is 1. The van der Waals surface area contributed by atoms with Crippen LogP contribution in [0.1, 0.15) is 42.6 Å². The zero-order valence-corrected chi connectivity index (χ0v) is 17.0. The number of ether oxygens (including phenoxy) is 1. The summed E-state index contributed by atoms with van der Waals surface area (Å²) in [6, 6.07) is 13.4. The predicted molar refractivity (Wildman–Crippen MR) is 109 cm³/mol. The van der Waals surface area contributed by atoms with Crippen LogP contribution in [0.4, 0.5) is 11.4 Å². The highest BCUT2D eigenvalue weighted by atomic mass is 32.2. The van der Waals surface area contributed by atoms with Gasteiger partial charge >= 0.3 is 5.97 Å². The van der Waals surface area contributed by atoms with E-state index in [4.69, 9.17) is 4.74 Å². The molecule has 0 spiro atoms. The topological polar surface area (TPSA) is 102 Å². The Morgan fingerprint density at radius 1 is 0.929 bits per heavy atom. The van der Waals surface area contributed by atoms with Gasteiger partial charge in [-0.15, -0.1) is 0 Å². The molecule has 0 bridgehead atoms. The molecule has 2 aromatic rings. The van der Waals surface area contributed by atoms with Gasteiger partial charge in [0.15, 0.2) is 6.10 Å². The molecule has 0 saturated heterocycles. The number of carbonyl (C=O) groups excluding carboxylic acids is 2. The van der Waals surface area contributed by atoms with Crippen LogP contribution in [0.2, 0.25) is 0 Å². The summed E-state index contributed by atoms with van der Waals surface area (Å²) in [5.41, 5.74) is 1.74. The van der Waals surface area contributed by atoms with E-state index >= 15 is 0 Å². The molecule has 1 amide bonds. The molecular formula is C20H24N2O5S. The van der Waals surface area contributed by atoms with E-state index in [1.807, 2.05) is 32.0 Å². The summed E-state index contributed by atoms with van der Waals surface area (Å²) in [6.45, 7) is 5.48. The summed E-state index contributed by atoms with van der Waals surface area (Å²) in [7, 11) is -3.57. The first-order chi connectivity index (χ1) is 13.1. The molecule has 0 unspecified atom stereocenters. The van der Waals surface area contributed by atoms with Crippen molar-refractivity contribution in [3.63, 3.8) is 0 Å². The summed E-state index contributed by atoms with van der Waals surface area (Å²) in [5.74, 6) is -1.06. The van der Waals surface area contributed by atoms with Crippen molar-refractivity contribution in [3.05, 3.63) is 59.7 Å². The second-order valence-electron chi connectivity index (χ2n) is 6.70. The average molecular weight is 404 g/mol. The van der Waals surface area contributed by atoms with Gasteiger partial charge in [0.1, 0.15) is 0 Å². The maximum Gasteiger partial charge on any atom is 0.341 e. The van der Waals surface area contributed by atoms with Gasteiger partial charge in [0.05, 0.1) is 17.5 Å². The van der Waals surface area contributed by atoms with E-state index in [-0.39, 0.29) is 17.2 Å². The zero-order valence-electron chi connectivity index (χ0n) is 16.2. The number of rotatable bonds is 7. The maximum atomic E-state index is 12.5. The lowest BCUT2D eigenvalue weighted by atomic mass is 10.0. The van der Waals surface area contributed by atoms with Crippen molar-refractivity contribution in [2.24, 2.45) is 0 Å². The lowest BCUT2D eigenvalue weighted by molar-refractivity contribution is -0.123. The number of benzene rings is 2. The van der Waals surface area contributed by atoms with Gasteiger partial charge in [0, 0.05) is 5.69 Å². The minimum atomic E-state index is -3.57. The highest BCUT2D eigenvalue weighted by Gasteiger charge is 2.22. The van der Waals surface area contributed by atoms with Crippen LogP contribution in [-0.4, -0.2) is 32.7 Å². The van der Waals surface area contributed by atoms with Crippen molar-refractivity contribution >= 4 is 33.3 Å². The van der Waals surface area contributed by atoms with Crippen LogP contribution in [0.3, 0.4) is 0 Å². The molecular weight excluding hydrogens is 380 g/mol. The normalized spacial score (nSPS) is 12.3. The molecule has 0 radical (unpaired) electrons. The highest BCUT2D eigenvalue weighted by Crippen LogP contribution is 2.24. The van der Waals surface area contributed by atoms with Crippen molar-refractivity contribution in [1.82, 2.24) is 0 Å². The van der Waals surface area contributed by atoms with Crippen LogP contribution >= 0.6 is 0 Å². The summed E-state index contributed by atoms with van der Waals surface area (Å²) >= 11 is 0. The quantitative estimate of drug-likeness (QED) is 0.689. The Hall–Kier alpha value is -2.87. The largest absolute Gasteiger partial charge is 0.449 e. The number of carbonyl (C=O) groups is 2. The van der Waals surface area contributed by atoms with Crippen molar-refractivity contribution in [1.29, 1.82) is 0 Å². The van der Waals surface area contributed by atoms with E-state index < -0.39 is 28.0 Å². The van der Waals surface area contributed by atoms with E-state index in [0.717, 1.165) is 11.8 Å². The monoisotopic (exact) mass is 404 g/mol. The second kappa shape index (κ2) is 8.88. The molecule has 0 fully saturated rings. The number of esters is 1. The first-order valence-corrected chi connectivity index (χ1v) is 10.6. The zero-order chi connectivity index (χ0) is 20.9. The van der Waals surface area contributed by atoms with Crippen LogP contribution in [0.15, 0.2) is 48.5 Å². The molecule has 0 aliphatic heterocycles. The molecule has 0 aromatic heterocycles. The molecule has 8 heteroatoms. The molecule has 2 rings (SSSR count). The number of anilines is 2. The van der Waals surface area contributed by atoms with Gasteiger partial charge in [0.2, 0.25) is 10.0 Å². The first-order valence-electron chi connectivity index (χ1n) is 8.76. The van der Waals surface area contributed by atoms with E-state index in [1.165, 1.54) is 19.1 Å². The summed E-state index contributed by atoms with van der Waals surface area (Å²) in [5, 5.41) is 2.77. The first kappa shape index (κ1) is 21.4. The van der Waals surface area contributed by atoms with E-state index in [9.17, 15) is 18.0 Å². The van der Waals surface area contributed by atoms with E-state index in [0.29, 0.717) is 5.69 Å². The minimum absolute atomic E-state index is 0.0233. The van der Waals surface area contributed by atoms with E-state index in [2.05, 4.69) is 10.0 Å². The maximum absolute atomic E-state index is 12.5. The molecule has 0 saturated carbocycles. The van der Waals surface area contributed by atoms with Gasteiger partial charge in [0.25, 0.3) is 5.91 Å². The Balaban J connectivity index is 2.12. The fraction of sp³-hybridized carbons (Fsp3) is 0.300. The Bertz CT molecular complexity index is 970.